The molecule has 0 saturated heterocycles. The minimum atomic E-state index is -0.257. The van der Waals surface area contributed by atoms with Crippen LogP contribution in [0, 0.1) is 34.6 Å². The Bertz CT molecular complexity index is 994. The summed E-state index contributed by atoms with van der Waals surface area (Å²) in [7, 11) is 0. The van der Waals surface area contributed by atoms with Gasteiger partial charge in [-0.05, 0) is 64.3 Å². The van der Waals surface area contributed by atoms with Gasteiger partial charge in [-0.2, -0.15) is 0 Å². The van der Waals surface area contributed by atoms with E-state index >= 15 is 0 Å². The van der Waals surface area contributed by atoms with Gasteiger partial charge in [0.05, 0.1) is 5.25 Å². The Kier molecular flexibility index (Phi) is 5.34. The Morgan fingerprint density at radius 1 is 1.15 bits per heavy atom. The molecular formula is C20H23N3OS2. The monoisotopic (exact) mass is 385 g/mol. The summed E-state index contributed by atoms with van der Waals surface area (Å²) in [4.78, 5) is 24.1. The lowest BCUT2D eigenvalue weighted by atomic mass is 10.1. The molecule has 0 aliphatic rings. The van der Waals surface area contributed by atoms with Crippen molar-refractivity contribution in [1.29, 1.82) is 0 Å². The van der Waals surface area contributed by atoms with Crippen LogP contribution >= 0.6 is 23.1 Å². The maximum Gasteiger partial charge on any atom is 0.237 e. The Morgan fingerprint density at radius 2 is 1.88 bits per heavy atom. The number of nitrogens with one attached hydrogen (secondary N) is 1. The number of thiophene rings is 1. The summed E-state index contributed by atoms with van der Waals surface area (Å²) in [5.41, 5.74) is 4.26. The standard InChI is InChI=1S/C20H23N3OS2/c1-10-7-8-11(2)16(9-10)23-18(24)14(5)26-20-17-12(3)13(4)25-19(17)21-15(6)22-20/h7-9,14H,1-6H3,(H,23,24). The second-order valence-electron chi connectivity index (χ2n) is 6.61. The molecule has 26 heavy (non-hydrogen) atoms. The Labute approximate surface area is 162 Å². The molecule has 1 unspecified atom stereocenters. The van der Waals surface area contributed by atoms with Gasteiger partial charge in [-0.25, -0.2) is 9.97 Å². The van der Waals surface area contributed by atoms with Gasteiger partial charge in [-0.1, -0.05) is 23.9 Å². The average molecular weight is 386 g/mol. The predicted octanol–water partition coefficient (Wildman–Crippen LogP) is 5.35. The summed E-state index contributed by atoms with van der Waals surface area (Å²) < 4.78 is 0. The van der Waals surface area contributed by atoms with Crippen LogP contribution in [0.3, 0.4) is 0 Å². The topological polar surface area (TPSA) is 54.9 Å². The number of thioether (sulfide) groups is 1. The van der Waals surface area contributed by atoms with E-state index in [1.807, 2.05) is 45.9 Å². The second-order valence-corrected chi connectivity index (χ2v) is 9.14. The third kappa shape index (κ3) is 3.76. The zero-order chi connectivity index (χ0) is 19.0. The van der Waals surface area contributed by atoms with Crippen LogP contribution in [0.15, 0.2) is 23.2 Å². The third-order valence-electron chi connectivity index (χ3n) is 4.42. The molecule has 0 saturated carbocycles. The van der Waals surface area contributed by atoms with E-state index in [1.165, 1.54) is 22.2 Å². The van der Waals surface area contributed by atoms with E-state index in [-0.39, 0.29) is 11.2 Å². The molecule has 6 heteroatoms. The predicted molar refractivity (Wildman–Crippen MR) is 111 cm³/mol. The third-order valence-corrected chi connectivity index (χ3v) is 6.60. The fraction of sp³-hybridized carbons (Fsp3) is 0.350. The molecule has 2 aromatic heterocycles. The SMILES string of the molecule is Cc1ccc(C)c(NC(=O)C(C)Sc2nc(C)nc3sc(C)c(C)c23)c1. The Hall–Kier alpha value is -1.92. The molecule has 3 rings (SSSR count). The average Bonchev–Trinajstić information content (AvgIpc) is 2.85. The normalized spacial score (nSPS) is 12.4. The maximum absolute atomic E-state index is 12.7. The highest BCUT2D eigenvalue weighted by Crippen LogP contribution is 2.36. The number of hydrogen-bond donors (Lipinski definition) is 1. The largest absolute Gasteiger partial charge is 0.325 e. The molecule has 0 aliphatic heterocycles. The van der Waals surface area contributed by atoms with Crippen molar-refractivity contribution in [2.75, 3.05) is 5.32 Å². The van der Waals surface area contributed by atoms with Crippen LogP contribution in [0.25, 0.3) is 10.2 Å². The smallest absolute Gasteiger partial charge is 0.237 e. The van der Waals surface area contributed by atoms with E-state index in [1.54, 1.807) is 11.3 Å². The summed E-state index contributed by atoms with van der Waals surface area (Å²) in [6.45, 7) is 12.0. The van der Waals surface area contributed by atoms with Crippen molar-refractivity contribution in [3.8, 4) is 0 Å². The van der Waals surface area contributed by atoms with Crippen molar-refractivity contribution >= 4 is 44.9 Å². The molecular weight excluding hydrogens is 362 g/mol. The summed E-state index contributed by atoms with van der Waals surface area (Å²) in [5, 5.41) is 4.76. The van der Waals surface area contributed by atoms with E-state index in [9.17, 15) is 4.79 Å². The first-order valence-corrected chi connectivity index (χ1v) is 10.2. The second kappa shape index (κ2) is 7.37. The summed E-state index contributed by atoms with van der Waals surface area (Å²) in [6.07, 6.45) is 0. The van der Waals surface area contributed by atoms with Crippen molar-refractivity contribution in [3.05, 3.63) is 45.6 Å². The zero-order valence-electron chi connectivity index (χ0n) is 15.9. The van der Waals surface area contributed by atoms with Gasteiger partial charge in [-0.3, -0.25) is 4.79 Å². The molecule has 4 nitrogen and oxygen atoms in total. The fourth-order valence-corrected chi connectivity index (χ4v) is 4.92. The van der Waals surface area contributed by atoms with Crippen LogP contribution in [0.4, 0.5) is 5.69 Å². The molecule has 1 atom stereocenters. The minimum absolute atomic E-state index is 0.0160. The lowest BCUT2D eigenvalue weighted by molar-refractivity contribution is -0.115. The van der Waals surface area contributed by atoms with E-state index in [0.717, 1.165) is 37.9 Å². The van der Waals surface area contributed by atoms with Crippen LogP contribution < -0.4 is 5.32 Å². The number of amides is 1. The van der Waals surface area contributed by atoms with Crippen molar-refractivity contribution in [2.24, 2.45) is 0 Å². The number of benzene rings is 1. The van der Waals surface area contributed by atoms with E-state index in [0.29, 0.717) is 0 Å². The highest BCUT2D eigenvalue weighted by molar-refractivity contribution is 8.00. The van der Waals surface area contributed by atoms with Crippen molar-refractivity contribution < 1.29 is 4.79 Å². The molecule has 1 aromatic carbocycles. The van der Waals surface area contributed by atoms with Crippen molar-refractivity contribution in [3.63, 3.8) is 0 Å². The van der Waals surface area contributed by atoms with Crippen molar-refractivity contribution in [2.45, 2.75) is 51.8 Å². The van der Waals surface area contributed by atoms with Gasteiger partial charge in [0.15, 0.2) is 0 Å². The maximum atomic E-state index is 12.7. The highest BCUT2D eigenvalue weighted by Gasteiger charge is 2.20. The molecule has 1 N–H and O–H groups in total. The lowest BCUT2D eigenvalue weighted by Crippen LogP contribution is -2.23. The number of fused-ring (bicyclic) bond motifs is 1. The quantitative estimate of drug-likeness (QED) is 0.486. The molecule has 2 heterocycles. The summed E-state index contributed by atoms with van der Waals surface area (Å²) in [6, 6.07) is 6.08. The number of rotatable bonds is 4. The van der Waals surface area contributed by atoms with Crippen LogP contribution in [0.5, 0.6) is 0 Å². The van der Waals surface area contributed by atoms with Gasteiger partial charge in [0.2, 0.25) is 5.91 Å². The van der Waals surface area contributed by atoms with Crippen molar-refractivity contribution in [1.82, 2.24) is 9.97 Å². The van der Waals surface area contributed by atoms with Gasteiger partial charge in [0.1, 0.15) is 15.7 Å². The van der Waals surface area contributed by atoms with Gasteiger partial charge < -0.3 is 5.32 Å². The number of aryl methyl sites for hydroxylation is 5. The molecule has 0 radical (unpaired) electrons. The van der Waals surface area contributed by atoms with Gasteiger partial charge in [0.25, 0.3) is 0 Å². The van der Waals surface area contributed by atoms with E-state index in [2.05, 4.69) is 29.1 Å². The Balaban J connectivity index is 1.85. The molecule has 0 aliphatic carbocycles. The lowest BCUT2D eigenvalue weighted by Gasteiger charge is -2.14. The first-order chi connectivity index (χ1) is 12.3. The molecule has 0 bridgehead atoms. The summed E-state index contributed by atoms with van der Waals surface area (Å²) >= 11 is 3.18. The number of nitrogens with zero attached hydrogens (tertiary/aromatic N) is 2. The molecule has 0 spiro atoms. The molecule has 3 aromatic rings. The van der Waals surface area contributed by atoms with E-state index in [4.69, 9.17) is 0 Å². The Morgan fingerprint density at radius 3 is 2.62 bits per heavy atom. The van der Waals surface area contributed by atoms with E-state index < -0.39 is 0 Å². The van der Waals surface area contributed by atoms with Crippen LogP contribution in [-0.2, 0) is 4.79 Å². The number of carbonyl (C=O) groups excluding carboxylic acids is 1. The van der Waals surface area contributed by atoms with Gasteiger partial charge in [0, 0.05) is 16.0 Å². The first-order valence-electron chi connectivity index (χ1n) is 8.55. The number of hydrogen-bond acceptors (Lipinski definition) is 5. The zero-order valence-corrected chi connectivity index (χ0v) is 17.6. The first kappa shape index (κ1) is 18.9. The van der Waals surface area contributed by atoms with Gasteiger partial charge in [-0.15, -0.1) is 11.3 Å². The number of aromatic nitrogens is 2. The van der Waals surface area contributed by atoms with Crippen LogP contribution in [-0.4, -0.2) is 21.1 Å². The highest BCUT2D eigenvalue weighted by atomic mass is 32.2. The molecule has 1 amide bonds. The fourth-order valence-electron chi connectivity index (χ4n) is 2.73. The number of anilines is 1. The van der Waals surface area contributed by atoms with Crippen LogP contribution in [0.1, 0.15) is 34.3 Å². The molecule has 0 fully saturated rings. The number of carbonyl (C=O) groups is 1. The minimum Gasteiger partial charge on any atom is -0.325 e. The summed E-state index contributed by atoms with van der Waals surface area (Å²) in [5.74, 6) is 0.723. The molecule has 136 valence electrons. The van der Waals surface area contributed by atoms with Gasteiger partial charge >= 0.3 is 0 Å². The van der Waals surface area contributed by atoms with Crippen LogP contribution in [0.2, 0.25) is 0 Å².